The summed E-state index contributed by atoms with van der Waals surface area (Å²) in [6, 6.07) is 9.95. The van der Waals surface area contributed by atoms with Gasteiger partial charge >= 0.3 is 0 Å². The van der Waals surface area contributed by atoms with E-state index in [0.717, 1.165) is 42.1 Å². The van der Waals surface area contributed by atoms with E-state index in [1.54, 1.807) is 10.5 Å². The van der Waals surface area contributed by atoms with Crippen molar-refractivity contribution >= 4 is 21.1 Å². The van der Waals surface area contributed by atoms with E-state index < -0.39 is 10.2 Å². The first-order valence-electron chi connectivity index (χ1n) is 8.24. The predicted octanol–water partition coefficient (Wildman–Crippen LogP) is 2.49. The van der Waals surface area contributed by atoms with Gasteiger partial charge in [0.15, 0.2) is 0 Å². The second-order valence-corrected chi connectivity index (χ2v) is 7.71. The number of hydrogen-bond acceptors (Lipinski definition) is 3. The van der Waals surface area contributed by atoms with Gasteiger partial charge in [-0.1, -0.05) is 37.1 Å². The van der Waals surface area contributed by atoms with Crippen LogP contribution in [0.25, 0.3) is 10.9 Å². The Labute approximate surface area is 137 Å². The number of rotatable bonds is 5. The van der Waals surface area contributed by atoms with Gasteiger partial charge in [0.25, 0.3) is 10.2 Å². The van der Waals surface area contributed by atoms with Crippen LogP contribution in [0.5, 0.6) is 0 Å². The zero-order valence-electron chi connectivity index (χ0n) is 13.2. The van der Waals surface area contributed by atoms with Crippen LogP contribution in [0, 0.1) is 0 Å². The van der Waals surface area contributed by atoms with Crippen molar-refractivity contribution in [1.82, 2.24) is 14.0 Å². The zero-order valence-corrected chi connectivity index (χ0v) is 14.1. The highest BCUT2D eigenvalue weighted by atomic mass is 32.2. The van der Waals surface area contributed by atoms with Crippen molar-refractivity contribution in [3.8, 4) is 0 Å². The highest BCUT2D eigenvalue weighted by Crippen LogP contribution is 2.16. The Kier molecular flexibility index (Phi) is 5.25. The fraction of sp³-hybridized carbons (Fsp3) is 0.471. The molecule has 0 saturated carbocycles. The summed E-state index contributed by atoms with van der Waals surface area (Å²) < 4.78 is 29.1. The number of hydrogen-bond donors (Lipinski definition) is 1. The molecule has 5 nitrogen and oxygen atoms in total. The Hall–Kier alpha value is -1.50. The quantitative estimate of drug-likeness (QED) is 0.914. The molecule has 23 heavy (non-hydrogen) atoms. The summed E-state index contributed by atoms with van der Waals surface area (Å²) in [6.07, 6.45) is 6.55. The molecule has 3 rings (SSSR count). The number of benzene rings is 1. The van der Waals surface area contributed by atoms with Crippen molar-refractivity contribution in [3.63, 3.8) is 0 Å². The van der Waals surface area contributed by atoms with Gasteiger partial charge in [-0.05, 0) is 30.9 Å². The SMILES string of the molecule is O=S(=O)(NCCc1cccc2cccnc12)N1CCCCCC1. The van der Waals surface area contributed by atoms with Crippen LogP contribution in [-0.2, 0) is 16.6 Å². The van der Waals surface area contributed by atoms with Crippen LogP contribution in [0.1, 0.15) is 31.2 Å². The fourth-order valence-corrected chi connectivity index (χ4v) is 4.34. The molecule has 1 aliphatic heterocycles. The zero-order chi connectivity index (χ0) is 16.1. The van der Waals surface area contributed by atoms with Crippen molar-refractivity contribution in [3.05, 3.63) is 42.1 Å². The lowest BCUT2D eigenvalue weighted by Gasteiger charge is -2.20. The van der Waals surface area contributed by atoms with Gasteiger partial charge in [0.05, 0.1) is 5.52 Å². The molecule has 2 heterocycles. The first kappa shape index (κ1) is 16.4. The first-order valence-corrected chi connectivity index (χ1v) is 9.68. The molecule has 0 spiro atoms. The predicted molar refractivity (Wildman–Crippen MR) is 92.4 cm³/mol. The summed E-state index contributed by atoms with van der Waals surface area (Å²) in [5, 5.41) is 1.08. The molecule has 1 aromatic carbocycles. The van der Waals surface area contributed by atoms with E-state index in [0.29, 0.717) is 26.1 Å². The van der Waals surface area contributed by atoms with Gasteiger partial charge in [0.1, 0.15) is 0 Å². The van der Waals surface area contributed by atoms with E-state index in [1.807, 2.05) is 30.3 Å². The number of fused-ring (bicyclic) bond motifs is 1. The molecule has 0 atom stereocenters. The Morgan fingerprint density at radius 3 is 2.57 bits per heavy atom. The lowest BCUT2D eigenvalue weighted by Crippen LogP contribution is -2.41. The van der Waals surface area contributed by atoms with Crippen molar-refractivity contribution in [2.24, 2.45) is 0 Å². The first-order chi connectivity index (χ1) is 11.2. The molecule has 1 fully saturated rings. The minimum Gasteiger partial charge on any atom is -0.256 e. The van der Waals surface area contributed by atoms with E-state index in [-0.39, 0.29) is 0 Å². The summed E-state index contributed by atoms with van der Waals surface area (Å²) in [5.74, 6) is 0. The van der Waals surface area contributed by atoms with Crippen LogP contribution >= 0.6 is 0 Å². The molecule has 0 unspecified atom stereocenters. The number of pyridine rings is 1. The molecule has 6 heteroatoms. The Morgan fingerprint density at radius 2 is 1.78 bits per heavy atom. The smallest absolute Gasteiger partial charge is 0.256 e. The topological polar surface area (TPSA) is 62.3 Å². The van der Waals surface area contributed by atoms with Crippen LogP contribution in [-0.4, -0.2) is 37.3 Å². The summed E-state index contributed by atoms with van der Waals surface area (Å²) >= 11 is 0. The molecule has 124 valence electrons. The summed E-state index contributed by atoms with van der Waals surface area (Å²) in [4.78, 5) is 4.41. The standard InChI is InChI=1S/C17H23N3O2S/c21-23(22,20-13-3-1-2-4-14-20)19-12-10-16-8-5-7-15-9-6-11-18-17(15)16/h5-9,11,19H,1-4,10,12-14H2. The maximum Gasteiger partial charge on any atom is 0.279 e. The maximum atomic E-state index is 12.4. The van der Waals surface area contributed by atoms with Gasteiger partial charge < -0.3 is 0 Å². The number of para-hydroxylation sites is 1. The summed E-state index contributed by atoms with van der Waals surface area (Å²) in [5.41, 5.74) is 2.02. The molecule has 1 aliphatic rings. The van der Waals surface area contributed by atoms with E-state index >= 15 is 0 Å². The van der Waals surface area contributed by atoms with Gasteiger partial charge in [-0.15, -0.1) is 0 Å². The minimum absolute atomic E-state index is 0.397. The van der Waals surface area contributed by atoms with Gasteiger partial charge in [0.2, 0.25) is 0 Å². The molecule has 0 amide bonds. The lowest BCUT2D eigenvalue weighted by molar-refractivity contribution is 0.415. The van der Waals surface area contributed by atoms with Crippen LogP contribution in [0.3, 0.4) is 0 Å². The largest absolute Gasteiger partial charge is 0.279 e. The third-order valence-electron chi connectivity index (χ3n) is 4.30. The second kappa shape index (κ2) is 7.38. The van der Waals surface area contributed by atoms with Crippen LogP contribution in [0.15, 0.2) is 36.5 Å². The fourth-order valence-electron chi connectivity index (χ4n) is 3.06. The Morgan fingerprint density at radius 1 is 1.04 bits per heavy atom. The van der Waals surface area contributed by atoms with E-state index in [4.69, 9.17) is 0 Å². The Balaban J connectivity index is 1.64. The molecule has 2 aromatic rings. The third-order valence-corrected chi connectivity index (χ3v) is 5.91. The third kappa shape index (κ3) is 4.07. The van der Waals surface area contributed by atoms with Crippen molar-refractivity contribution in [1.29, 1.82) is 0 Å². The van der Waals surface area contributed by atoms with E-state index in [2.05, 4.69) is 9.71 Å². The van der Waals surface area contributed by atoms with Crippen LogP contribution < -0.4 is 4.72 Å². The van der Waals surface area contributed by atoms with Crippen molar-refractivity contribution in [2.45, 2.75) is 32.1 Å². The van der Waals surface area contributed by atoms with Crippen molar-refractivity contribution < 1.29 is 8.42 Å². The number of nitrogens with zero attached hydrogens (tertiary/aromatic N) is 2. The normalized spacial score (nSPS) is 17.2. The van der Waals surface area contributed by atoms with Crippen LogP contribution in [0.2, 0.25) is 0 Å². The number of aromatic nitrogens is 1. The van der Waals surface area contributed by atoms with Gasteiger partial charge in [-0.2, -0.15) is 12.7 Å². The second-order valence-electron chi connectivity index (χ2n) is 5.95. The van der Waals surface area contributed by atoms with Gasteiger partial charge in [0, 0.05) is 31.2 Å². The monoisotopic (exact) mass is 333 g/mol. The Bertz CT molecular complexity index is 748. The van der Waals surface area contributed by atoms with Crippen molar-refractivity contribution in [2.75, 3.05) is 19.6 Å². The molecule has 0 bridgehead atoms. The van der Waals surface area contributed by atoms with E-state index in [9.17, 15) is 8.42 Å². The van der Waals surface area contributed by atoms with Crippen LogP contribution in [0.4, 0.5) is 0 Å². The molecule has 1 aromatic heterocycles. The molecule has 0 radical (unpaired) electrons. The summed E-state index contributed by atoms with van der Waals surface area (Å²) in [7, 11) is -3.37. The molecule has 1 saturated heterocycles. The highest BCUT2D eigenvalue weighted by molar-refractivity contribution is 7.87. The molecular formula is C17H23N3O2S. The molecular weight excluding hydrogens is 310 g/mol. The average Bonchev–Trinajstić information content (AvgIpc) is 2.85. The number of nitrogens with one attached hydrogen (secondary N) is 1. The lowest BCUT2D eigenvalue weighted by atomic mass is 10.1. The average molecular weight is 333 g/mol. The maximum absolute atomic E-state index is 12.4. The van der Waals surface area contributed by atoms with Gasteiger partial charge in [-0.3, -0.25) is 4.98 Å². The molecule has 0 aliphatic carbocycles. The molecule has 1 N–H and O–H groups in total. The highest BCUT2D eigenvalue weighted by Gasteiger charge is 2.22. The minimum atomic E-state index is -3.37. The van der Waals surface area contributed by atoms with E-state index in [1.165, 1.54) is 0 Å². The van der Waals surface area contributed by atoms with Gasteiger partial charge in [-0.25, -0.2) is 4.72 Å². The summed E-state index contributed by atoms with van der Waals surface area (Å²) in [6.45, 7) is 1.66.